The molecule has 10 nitrogen and oxygen atoms in total. The van der Waals surface area contributed by atoms with Crippen molar-refractivity contribution in [3.8, 4) is 11.3 Å². The van der Waals surface area contributed by atoms with Gasteiger partial charge in [-0.25, -0.2) is 19.7 Å². The molecule has 168 valence electrons. The van der Waals surface area contributed by atoms with Crippen molar-refractivity contribution in [2.45, 2.75) is 52.4 Å². The molecule has 0 unspecified atom stereocenters. The molecular formula is C22H27N7O3. The second-order valence-electron chi connectivity index (χ2n) is 9.33. The third kappa shape index (κ3) is 4.22. The van der Waals surface area contributed by atoms with E-state index in [4.69, 9.17) is 10.5 Å². The number of carbonyl (C=O) groups is 1. The van der Waals surface area contributed by atoms with Gasteiger partial charge in [-0.2, -0.15) is 0 Å². The van der Waals surface area contributed by atoms with Crippen molar-refractivity contribution in [1.29, 1.82) is 0 Å². The number of hydrogen-bond donors (Lipinski definition) is 3. The Kier molecular flexibility index (Phi) is 5.04. The maximum absolute atomic E-state index is 12.5. The number of fused-ring (bicyclic) bond motifs is 2. The van der Waals surface area contributed by atoms with Crippen LogP contribution < -0.4 is 11.1 Å². The van der Waals surface area contributed by atoms with Gasteiger partial charge in [0.15, 0.2) is 5.65 Å². The highest BCUT2D eigenvalue weighted by Crippen LogP contribution is 2.35. The van der Waals surface area contributed by atoms with Gasteiger partial charge in [-0.3, -0.25) is 9.72 Å². The van der Waals surface area contributed by atoms with E-state index in [0.29, 0.717) is 28.2 Å². The quantitative estimate of drug-likeness (QED) is 0.445. The number of anilines is 2. The molecule has 0 aliphatic carbocycles. The molecule has 4 rings (SSSR count). The second-order valence-corrected chi connectivity index (χ2v) is 9.33. The lowest BCUT2D eigenvalue weighted by atomic mass is 10.1. The first-order chi connectivity index (χ1) is 14.9. The lowest BCUT2D eigenvalue weighted by Crippen LogP contribution is -2.27. The Morgan fingerprint density at radius 3 is 2.59 bits per heavy atom. The summed E-state index contributed by atoms with van der Waals surface area (Å²) in [6.07, 6.45) is 6.11. The van der Waals surface area contributed by atoms with Gasteiger partial charge in [-0.1, -0.05) is 0 Å². The average molecular weight is 438 g/mol. The number of aliphatic hydroxyl groups is 1. The minimum atomic E-state index is -0.988. The van der Waals surface area contributed by atoms with Gasteiger partial charge in [0.2, 0.25) is 0 Å². The van der Waals surface area contributed by atoms with Crippen molar-refractivity contribution >= 4 is 34.3 Å². The Morgan fingerprint density at radius 2 is 1.91 bits per heavy atom. The number of aromatic nitrogens is 5. The molecule has 0 aliphatic heterocycles. The summed E-state index contributed by atoms with van der Waals surface area (Å²) in [7, 11) is 0. The van der Waals surface area contributed by atoms with Crippen LogP contribution >= 0.6 is 0 Å². The van der Waals surface area contributed by atoms with Crippen LogP contribution in [0.25, 0.3) is 27.9 Å². The van der Waals surface area contributed by atoms with Gasteiger partial charge in [0.25, 0.3) is 0 Å². The van der Waals surface area contributed by atoms with E-state index in [1.54, 1.807) is 46.9 Å². The van der Waals surface area contributed by atoms with Crippen LogP contribution in [0.4, 0.5) is 16.3 Å². The number of amides is 1. The van der Waals surface area contributed by atoms with Gasteiger partial charge < -0.3 is 20.1 Å². The Bertz CT molecular complexity index is 1310. The zero-order valence-corrected chi connectivity index (χ0v) is 18.7. The molecule has 4 aromatic rings. The molecule has 10 heteroatoms. The smallest absolute Gasteiger partial charge is 0.413 e. The lowest BCUT2D eigenvalue weighted by Gasteiger charge is -2.20. The highest BCUT2D eigenvalue weighted by atomic mass is 16.6. The normalized spacial score (nSPS) is 12.4. The third-order valence-electron chi connectivity index (χ3n) is 4.69. The molecule has 0 spiro atoms. The fourth-order valence-electron chi connectivity index (χ4n) is 3.60. The average Bonchev–Trinajstić information content (AvgIpc) is 3.26. The van der Waals surface area contributed by atoms with Crippen LogP contribution in [0.1, 0.15) is 34.6 Å². The van der Waals surface area contributed by atoms with E-state index in [0.717, 1.165) is 11.3 Å². The topological polar surface area (TPSA) is 133 Å². The van der Waals surface area contributed by atoms with Crippen molar-refractivity contribution in [3.63, 3.8) is 0 Å². The monoisotopic (exact) mass is 437 g/mol. The second kappa shape index (κ2) is 7.49. The number of nitrogens with two attached hydrogens (primary N) is 1. The number of carbonyl (C=O) groups excluding carboxylic acids is 1. The number of rotatable bonds is 4. The van der Waals surface area contributed by atoms with E-state index in [2.05, 4.69) is 20.3 Å². The number of ether oxygens (including phenoxy) is 1. The van der Waals surface area contributed by atoms with Crippen LogP contribution in [-0.2, 0) is 11.3 Å². The fraction of sp³-hybridized carbons (Fsp3) is 0.364. The fourth-order valence-corrected chi connectivity index (χ4v) is 3.60. The predicted octanol–water partition coefficient (Wildman–Crippen LogP) is 3.45. The summed E-state index contributed by atoms with van der Waals surface area (Å²) in [6, 6.07) is 3.65. The molecule has 4 N–H and O–H groups in total. The predicted molar refractivity (Wildman–Crippen MR) is 122 cm³/mol. The molecule has 4 heterocycles. The Hall–Kier alpha value is -3.66. The molecule has 0 aromatic carbocycles. The van der Waals surface area contributed by atoms with Crippen molar-refractivity contribution < 1.29 is 14.6 Å². The van der Waals surface area contributed by atoms with E-state index in [1.165, 1.54) is 6.33 Å². The van der Waals surface area contributed by atoms with E-state index >= 15 is 0 Å². The summed E-state index contributed by atoms with van der Waals surface area (Å²) in [5.74, 6) is 0.304. The largest absolute Gasteiger partial charge is 0.444 e. The summed E-state index contributed by atoms with van der Waals surface area (Å²) < 4.78 is 9.11. The van der Waals surface area contributed by atoms with Gasteiger partial charge in [-0.15, -0.1) is 0 Å². The first kappa shape index (κ1) is 21.6. The molecule has 0 saturated carbocycles. The van der Waals surface area contributed by atoms with Gasteiger partial charge in [0, 0.05) is 24.2 Å². The van der Waals surface area contributed by atoms with Crippen molar-refractivity contribution in [2.24, 2.45) is 0 Å². The number of pyridine rings is 1. The minimum absolute atomic E-state index is 0.286. The van der Waals surface area contributed by atoms with Crippen molar-refractivity contribution in [3.05, 3.63) is 37.1 Å². The van der Waals surface area contributed by atoms with Crippen LogP contribution in [0.15, 0.2) is 37.1 Å². The van der Waals surface area contributed by atoms with Crippen LogP contribution in [0.2, 0.25) is 0 Å². The van der Waals surface area contributed by atoms with Gasteiger partial charge in [-0.05, 0) is 46.8 Å². The Balaban J connectivity index is 1.94. The molecule has 0 atom stereocenters. The number of nitrogens with zero attached hydrogens (tertiary/aromatic N) is 5. The Labute approximate surface area is 185 Å². The first-order valence-electron chi connectivity index (χ1n) is 10.2. The summed E-state index contributed by atoms with van der Waals surface area (Å²) in [6.45, 7) is 9.09. The molecule has 32 heavy (non-hydrogen) atoms. The minimum Gasteiger partial charge on any atom is -0.444 e. The summed E-state index contributed by atoms with van der Waals surface area (Å²) >= 11 is 0. The summed E-state index contributed by atoms with van der Waals surface area (Å²) in [5.41, 5.74) is 7.69. The van der Waals surface area contributed by atoms with Crippen LogP contribution in [0.5, 0.6) is 0 Å². The highest BCUT2D eigenvalue weighted by molar-refractivity contribution is 6.04. The van der Waals surface area contributed by atoms with Crippen molar-refractivity contribution in [1.82, 2.24) is 23.9 Å². The maximum atomic E-state index is 12.5. The molecule has 0 saturated heterocycles. The Morgan fingerprint density at radius 1 is 1.16 bits per heavy atom. The van der Waals surface area contributed by atoms with E-state index in [9.17, 15) is 9.90 Å². The van der Waals surface area contributed by atoms with Gasteiger partial charge in [0.05, 0.1) is 28.9 Å². The summed E-state index contributed by atoms with van der Waals surface area (Å²) in [4.78, 5) is 25.6. The van der Waals surface area contributed by atoms with Gasteiger partial charge >= 0.3 is 6.09 Å². The van der Waals surface area contributed by atoms with Crippen molar-refractivity contribution in [2.75, 3.05) is 11.1 Å². The zero-order valence-electron chi connectivity index (χ0n) is 18.7. The third-order valence-corrected chi connectivity index (χ3v) is 4.69. The maximum Gasteiger partial charge on any atom is 0.413 e. The molecule has 1 amide bonds. The van der Waals surface area contributed by atoms with E-state index < -0.39 is 17.3 Å². The van der Waals surface area contributed by atoms with E-state index in [-0.39, 0.29) is 6.54 Å². The van der Waals surface area contributed by atoms with Gasteiger partial charge in [0.1, 0.15) is 23.4 Å². The number of hydrogen-bond acceptors (Lipinski definition) is 7. The standard InChI is InChI=1S/C22H27N7O3/c1-21(2,3)32-20(30)27-17-16-13(15-7-6-14(23)18-24-8-9-29(15)18)10-28(11-22(4,5)31)19(16)26-12-25-17/h6-10,12,31H,11,23H2,1-5H3,(H,25,26,27,30). The number of imidazole rings is 1. The molecule has 0 bridgehead atoms. The lowest BCUT2D eigenvalue weighted by molar-refractivity contribution is 0.0621. The zero-order chi connectivity index (χ0) is 23.3. The van der Waals surface area contributed by atoms with Crippen LogP contribution in [0, 0.1) is 0 Å². The number of nitrogens with one attached hydrogen (secondary N) is 1. The van der Waals surface area contributed by atoms with Crippen LogP contribution in [0.3, 0.4) is 0 Å². The molecular weight excluding hydrogens is 410 g/mol. The SMILES string of the molecule is CC(C)(O)Cn1cc(-c2ccc(N)c3nccn23)c2c(NC(=O)OC(C)(C)C)ncnc21. The molecule has 0 radical (unpaired) electrons. The number of nitrogen functional groups attached to an aromatic ring is 1. The van der Waals surface area contributed by atoms with Crippen LogP contribution in [-0.4, -0.2) is 46.3 Å². The molecule has 4 aromatic heterocycles. The molecule has 0 aliphatic rings. The first-order valence-corrected chi connectivity index (χ1v) is 10.2. The van der Waals surface area contributed by atoms with E-state index in [1.807, 2.05) is 27.4 Å². The summed E-state index contributed by atoms with van der Waals surface area (Å²) in [5, 5.41) is 13.8. The highest BCUT2D eigenvalue weighted by Gasteiger charge is 2.24. The molecule has 0 fully saturated rings.